The molecule has 9 heteroatoms. The fourth-order valence-electron chi connectivity index (χ4n) is 3.74. The van der Waals surface area contributed by atoms with Gasteiger partial charge in [-0.2, -0.15) is 0 Å². The standard InChI is InChI=1S/C25H26N6O2S/c1-15-10-19(29-14-28-15)17-6-5-7-18(22(17)25(2,3)4)20-13-34-24(30-20)31-21(32)12-27-23(33)16-8-9-26-11-16/h5-11,13-14,26H,12H2,1-4H3,(H,27,33)(H,30,31,32). The number of aromatic amines is 1. The third-order valence-electron chi connectivity index (χ3n) is 5.19. The van der Waals surface area contributed by atoms with Gasteiger partial charge in [-0.05, 0) is 30.0 Å². The molecule has 0 bridgehead atoms. The van der Waals surface area contributed by atoms with Crippen molar-refractivity contribution in [2.45, 2.75) is 33.1 Å². The van der Waals surface area contributed by atoms with Crippen molar-refractivity contribution < 1.29 is 9.59 Å². The summed E-state index contributed by atoms with van der Waals surface area (Å²) >= 11 is 1.34. The van der Waals surface area contributed by atoms with Crippen LogP contribution in [0.25, 0.3) is 22.5 Å². The zero-order valence-corrected chi connectivity index (χ0v) is 20.3. The number of hydrogen-bond donors (Lipinski definition) is 3. The molecule has 0 atom stereocenters. The van der Waals surface area contributed by atoms with Gasteiger partial charge in [-0.15, -0.1) is 11.3 Å². The van der Waals surface area contributed by atoms with Crippen LogP contribution in [0.1, 0.15) is 42.4 Å². The zero-order valence-electron chi connectivity index (χ0n) is 19.5. The zero-order chi connectivity index (χ0) is 24.3. The molecule has 0 radical (unpaired) electrons. The van der Waals surface area contributed by atoms with E-state index in [0.29, 0.717) is 10.7 Å². The van der Waals surface area contributed by atoms with Crippen molar-refractivity contribution in [3.8, 4) is 22.5 Å². The first-order chi connectivity index (χ1) is 16.2. The Morgan fingerprint density at radius 2 is 1.85 bits per heavy atom. The molecule has 0 saturated heterocycles. The van der Waals surface area contributed by atoms with Crippen LogP contribution in [0, 0.1) is 6.92 Å². The summed E-state index contributed by atoms with van der Waals surface area (Å²) in [4.78, 5) is 40.6. The summed E-state index contributed by atoms with van der Waals surface area (Å²) in [7, 11) is 0. The van der Waals surface area contributed by atoms with Gasteiger partial charge in [0.15, 0.2) is 5.13 Å². The fourth-order valence-corrected chi connectivity index (χ4v) is 4.46. The Bertz CT molecular complexity index is 1320. The molecule has 8 nitrogen and oxygen atoms in total. The highest BCUT2D eigenvalue weighted by atomic mass is 32.1. The average Bonchev–Trinajstić information content (AvgIpc) is 3.49. The van der Waals surface area contributed by atoms with Crippen molar-refractivity contribution in [1.29, 1.82) is 0 Å². The molecule has 3 heterocycles. The van der Waals surface area contributed by atoms with E-state index in [-0.39, 0.29) is 23.8 Å². The van der Waals surface area contributed by atoms with Crippen LogP contribution < -0.4 is 10.6 Å². The van der Waals surface area contributed by atoms with E-state index in [1.54, 1.807) is 24.8 Å². The Balaban J connectivity index is 1.56. The molecule has 1 aromatic carbocycles. The number of hydrogen-bond acceptors (Lipinski definition) is 6. The van der Waals surface area contributed by atoms with E-state index < -0.39 is 0 Å². The van der Waals surface area contributed by atoms with Gasteiger partial charge in [-0.3, -0.25) is 9.59 Å². The first-order valence-corrected chi connectivity index (χ1v) is 11.7. The SMILES string of the molecule is Cc1cc(-c2cccc(-c3csc(NC(=O)CNC(=O)c4cc[nH]c4)n3)c2C(C)(C)C)ncn1. The molecule has 34 heavy (non-hydrogen) atoms. The number of rotatable bonds is 6. The van der Waals surface area contributed by atoms with Gasteiger partial charge in [0, 0.05) is 34.6 Å². The first-order valence-electron chi connectivity index (χ1n) is 10.8. The third-order valence-corrected chi connectivity index (χ3v) is 5.95. The number of nitrogens with zero attached hydrogens (tertiary/aromatic N) is 3. The lowest BCUT2D eigenvalue weighted by Gasteiger charge is -2.26. The van der Waals surface area contributed by atoms with Crippen molar-refractivity contribution in [2.24, 2.45) is 0 Å². The van der Waals surface area contributed by atoms with E-state index in [0.717, 1.165) is 33.8 Å². The van der Waals surface area contributed by atoms with Crippen LogP contribution in [-0.2, 0) is 10.2 Å². The molecule has 4 aromatic rings. The van der Waals surface area contributed by atoms with Crippen molar-refractivity contribution in [3.63, 3.8) is 0 Å². The van der Waals surface area contributed by atoms with Gasteiger partial charge in [-0.1, -0.05) is 39.0 Å². The van der Waals surface area contributed by atoms with Crippen molar-refractivity contribution in [1.82, 2.24) is 25.3 Å². The topological polar surface area (TPSA) is 113 Å². The highest BCUT2D eigenvalue weighted by molar-refractivity contribution is 7.14. The molecule has 0 aliphatic heterocycles. The molecular formula is C25H26N6O2S. The van der Waals surface area contributed by atoms with Crippen LogP contribution in [0.4, 0.5) is 5.13 Å². The largest absolute Gasteiger partial charge is 0.367 e. The van der Waals surface area contributed by atoms with Crippen molar-refractivity contribution in [3.05, 3.63) is 71.3 Å². The fraction of sp³-hybridized carbons (Fsp3) is 0.240. The normalized spacial score (nSPS) is 11.3. The number of aryl methyl sites for hydroxylation is 1. The number of benzene rings is 1. The summed E-state index contributed by atoms with van der Waals surface area (Å²) in [5, 5.41) is 7.76. The van der Waals surface area contributed by atoms with E-state index >= 15 is 0 Å². The van der Waals surface area contributed by atoms with Gasteiger partial charge in [0.1, 0.15) is 6.33 Å². The lowest BCUT2D eigenvalue weighted by molar-refractivity contribution is -0.115. The summed E-state index contributed by atoms with van der Waals surface area (Å²) < 4.78 is 0. The smallest absolute Gasteiger partial charge is 0.253 e. The van der Waals surface area contributed by atoms with Crippen LogP contribution >= 0.6 is 11.3 Å². The summed E-state index contributed by atoms with van der Waals surface area (Å²) in [5.41, 5.74) is 5.96. The second-order valence-corrected chi connectivity index (χ2v) is 9.75. The lowest BCUT2D eigenvalue weighted by Crippen LogP contribution is -2.32. The molecule has 0 fully saturated rings. The van der Waals surface area contributed by atoms with Gasteiger partial charge >= 0.3 is 0 Å². The number of amides is 2. The van der Waals surface area contributed by atoms with Crippen LogP contribution in [0.15, 0.2) is 54.4 Å². The quantitative estimate of drug-likeness (QED) is 0.379. The molecule has 0 aliphatic rings. The Morgan fingerprint density at radius 1 is 1.09 bits per heavy atom. The second kappa shape index (κ2) is 9.56. The average molecular weight is 475 g/mol. The van der Waals surface area contributed by atoms with Gasteiger partial charge in [0.25, 0.3) is 5.91 Å². The van der Waals surface area contributed by atoms with Crippen molar-refractivity contribution in [2.75, 3.05) is 11.9 Å². The third kappa shape index (κ3) is 5.20. The molecule has 4 rings (SSSR count). The van der Waals surface area contributed by atoms with E-state index in [1.165, 1.54) is 11.3 Å². The Labute approximate surface area is 201 Å². The molecule has 0 aliphatic carbocycles. The summed E-state index contributed by atoms with van der Waals surface area (Å²) in [5.74, 6) is -0.658. The first kappa shape index (κ1) is 23.3. The number of carbonyl (C=O) groups is 2. The Hall–Kier alpha value is -3.85. The summed E-state index contributed by atoms with van der Waals surface area (Å²) in [6.45, 7) is 8.28. The molecular weight excluding hydrogens is 448 g/mol. The van der Waals surface area contributed by atoms with E-state index in [4.69, 9.17) is 0 Å². The van der Waals surface area contributed by atoms with Gasteiger partial charge in [0.05, 0.1) is 23.5 Å². The predicted molar refractivity (Wildman–Crippen MR) is 134 cm³/mol. The summed E-state index contributed by atoms with van der Waals surface area (Å²) in [6, 6.07) is 9.71. The molecule has 3 N–H and O–H groups in total. The van der Waals surface area contributed by atoms with Crippen LogP contribution in [0.3, 0.4) is 0 Å². The van der Waals surface area contributed by atoms with Crippen LogP contribution in [0.5, 0.6) is 0 Å². The minimum absolute atomic E-state index is 0.144. The Morgan fingerprint density at radius 3 is 2.53 bits per heavy atom. The molecule has 0 spiro atoms. The molecule has 2 amide bonds. The maximum absolute atomic E-state index is 12.3. The van der Waals surface area contributed by atoms with Crippen molar-refractivity contribution >= 4 is 28.3 Å². The van der Waals surface area contributed by atoms with E-state index in [9.17, 15) is 9.59 Å². The van der Waals surface area contributed by atoms with Gasteiger partial charge in [0.2, 0.25) is 5.91 Å². The number of nitrogens with one attached hydrogen (secondary N) is 3. The minimum Gasteiger partial charge on any atom is -0.367 e. The monoisotopic (exact) mass is 474 g/mol. The predicted octanol–water partition coefficient (Wildman–Crippen LogP) is 4.57. The minimum atomic E-state index is -0.342. The molecule has 174 valence electrons. The highest BCUT2D eigenvalue weighted by Gasteiger charge is 2.25. The lowest BCUT2D eigenvalue weighted by atomic mass is 9.79. The summed E-state index contributed by atoms with van der Waals surface area (Å²) in [6.07, 6.45) is 4.80. The maximum atomic E-state index is 12.3. The van der Waals surface area contributed by atoms with Gasteiger partial charge < -0.3 is 15.6 Å². The van der Waals surface area contributed by atoms with Gasteiger partial charge in [-0.25, -0.2) is 15.0 Å². The Kier molecular flexibility index (Phi) is 6.56. The number of aromatic nitrogens is 4. The molecule has 3 aromatic heterocycles. The number of anilines is 1. The molecule has 0 unspecified atom stereocenters. The van der Waals surface area contributed by atoms with E-state index in [1.807, 2.05) is 30.5 Å². The maximum Gasteiger partial charge on any atom is 0.253 e. The van der Waals surface area contributed by atoms with Crippen LogP contribution in [0.2, 0.25) is 0 Å². The number of thiazole rings is 1. The number of carbonyl (C=O) groups excluding carboxylic acids is 2. The van der Waals surface area contributed by atoms with Crippen LogP contribution in [-0.4, -0.2) is 38.3 Å². The highest BCUT2D eigenvalue weighted by Crippen LogP contribution is 2.40. The second-order valence-electron chi connectivity index (χ2n) is 8.89. The molecule has 0 saturated carbocycles. The number of H-pyrrole nitrogens is 1. The van der Waals surface area contributed by atoms with E-state index in [2.05, 4.69) is 57.4 Å².